The zero-order valence-electron chi connectivity index (χ0n) is 10.8. The van der Waals surface area contributed by atoms with Crippen LogP contribution in [0.25, 0.3) is 0 Å². The number of nitrogens with one attached hydrogen (secondary N) is 1. The molecule has 0 radical (unpaired) electrons. The topological polar surface area (TPSA) is 34.0 Å². The van der Waals surface area contributed by atoms with Crippen molar-refractivity contribution in [1.82, 2.24) is 9.88 Å². The predicted molar refractivity (Wildman–Crippen MR) is 85.6 cm³/mol. The van der Waals surface area contributed by atoms with Crippen molar-refractivity contribution < 1.29 is 4.79 Å². The Morgan fingerprint density at radius 1 is 1.35 bits per heavy atom. The molecule has 6 heteroatoms. The maximum Gasteiger partial charge on any atom is 0.268 e. The van der Waals surface area contributed by atoms with Crippen molar-refractivity contribution in [2.45, 2.75) is 6.42 Å². The average molecular weight is 376 g/mol. The summed E-state index contributed by atoms with van der Waals surface area (Å²) in [5, 5.41) is 3.60. The van der Waals surface area contributed by atoms with E-state index in [9.17, 15) is 4.79 Å². The van der Waals surface area contributed by atoms with Crippen LogP contribution >= 0.6 is 39.1 Å². The van der Waals surface area contributed by atoms with Gasteiger partial charge in [0.15, 0.2) is 0 Å². The lowest BCUT2D eigenvalue weighted by atomic mass is 10.1. The molecule has 0 fully saturated rings. The molecule has 2 rings (SSSR count). The fraction of sp³-hybridized carbons (Fsp3) is 0.214. The number of carbonyl (C=O) groups is 1. The molecule has 1 N–H and O–H groups in total. The van der Waals surface area contributed by atoms with Crippen LogP contribution in [0, 0.1) is 0 Å². The summed E-state index contributed by atoms with van der Waals surface area (Å²) in [6.45, 7) is 0.544. The summed E-state index contributed by atoms with van der Waals surface area (Å²) in [6.07, 6.45) is 0.749. The first kappa shape index (κ1) is 15.4. The van der Waals surface area contributed by atoms with Gasteiger partial charge in [0.05, 0.1) is 5.02 Å². The summed E-state index contributed by atoms with van der Waals surface area (Å²) in [4.78, 5) is 12.0. The van der Waals surface area contributed by atoms with Crippen LogP contribution in [-0.4, -0.2) is 17.0 Å². The van der Waals surface area contributed by atoms with Crippen LogP contribution < -0.4 is 5.32 Å². The molecule has 2 aromatic rings. The Hall–Kier alpha value is -0.970. The van der Waals surface area contributed by atoms with Crippen molar-refractivity contribution in [3.8, 4) is 0 Å². The third-order valence-corrected chi connectivity index (χ3v) is 4.60. The Morgan fingerprint density at radius 3 is 2.65 bits per heavy atom. The number of rotatable bonds is 4. The van der Waals surface area contributed by atoms with Gasteiger partial charge in [-0.05, 0) is 24.1 Å². The van der Waals surface area contributed by atoms with Crippen LogP contribution in [0.4, 0.5) is 0 Å². The van der Waals surface area contributed by atoms with Crippen LogP contribution in [0.5, 0.6) is 0 Å². The number of hydrogen-bond acceptors (Lipinski definition) is 1. The largest absolute Gasteiger partial charge is 0.350 e. The van der Waals surface area contributed by atoms with E-state index in [4.69, 9.17) is 23.2 Å². The standard InChI is InChI=1S/C14H13BrCl2N2O/c1-19-12(8-11(16)13(19)17)14(20)18-7-6-9-4-2-3-5-10(9)15/h2-5,8H,6-7H2,1H3,(H,18,20). The monoisotopic (exact) mass is 374 g/mol. The minimum atomic E-state index is -0.187. The molecule has 0 aliphatic carbocycles. The van der Waals surface area contributed by atoms with E-state index in [-0.39, 0.29) is 5.91 Å². The first-order valence-corrected chi connectivity index (χ1v) is 7.58. The maximum atomic E-state index is 12.0. The van der Waals surface area contributed by atoms with Crippen LogP contribution in [0.2, 0.25) is 10.2 Å². The Balaban J connectivity index is 1.96. The Bertz CT molecular complexity index is 640. The fourth-order valence-corrected chi connectivity index (χ4v) is 2.72. The summed E-state index contributed by atoms with van der Waals surface area (Å²) >= 11 is 15.3. The quantitative estimate of drug-likeness (QED) is 0.858. The van der Waals surface area contributed by atoms with Gasteiger partial charge in [-0.3, -0.25) is 4.79 Å². The molecule has 0 spiro atoms. The highest BCUT2D eigenvalue weighted by Crippen LogP contribution is 2.25. The van der Waals surface area contributed by atoms with E-state index in [0.29, 0.717) is 22.4 Å². The van der Waals surface area contributed by atoms with E-state index < -0.39 is 0 Å². The number of halogens is 3. The van der Waals surface area contributed by atoms with E-state index in [0.717, 1.165) is 16.5 Å². The number of carbonyl (C=O) groups excluding carboxylic acids is 1. The highest BCUT2D eigenvalue weighted by Gasteiger charge is 2.15. The molecule has 0 aliphatic rings. The Kier molecular flexibility index (Phi) is 5.13. The van der Waals surface area contributed by atoms with Gasteiger partial charge in [0, 0.05) is 18.1 Å². The molecule has 0 saturated carbocycles. The van der Waals surface area contributed by atoms with Gasteiger partial charge in [-0.25, -0.2) is 0 Å². The maximum absolute atomic E-state index is 12.0. The third kappa shape index (κ3) is 3.37. The molecule has 3 nitrogen and oxygen atoms in total. The predicted octanol–water partition coefficient (Wildman–Crippen LogP) is 4.07. The minimum Gasteiger partial charge on any atom is -0.350 e. The smallest absolute Gasteiger partial charge is 0.268 e. The molecule has 1 aromatic heterocycles. The third-order valence-electron chi connectivity index (χ3n) is 2.99. The normalized spacial score (nSPS) is 10.6. The summed E-state index contributed by atoms with van der Waals surface area (Å²) < 4.78 is 2.61. The lowest BCUT2D eigenvalue weighted by Gasteiger charge is -2.07. The molecule has 0 unspecified atom stereocenters. The zero-order valence-corrected chi connectivity index (χ0v) is 13.9. The van der Waals surface area contributed by atoms with Crippen molar-refractivity contribution in [2.75, 3.05) is 6.54 Å². The number of amides is 1. The van der Waals surface area contributed by atoms with Crippen LogP contribution in [0.3, 0.4) is 0 Å². The molecule has 0 aliphatic heterocycles. The van der Waals surface area contributed by atoms with Gasteiger partial charge in [-0.15, -0.1) is 0 Å². The highest BCUT2D eigenvalue weighted by molar-refractivity contribution is 9.10. The second kappa shape index (κ2) is 6.66. The number of aromatic nitrogens is 1. The summed E-state index contributed by atoms with van der Waals surface area (Å²) in [5.41, 5.74) is 1.60. The van der Waals surface area contributed by atoms with Crippen LogP contribution in [0.1, 0.15) is 16.1 Å². The number of nitrogens with zero attached hydrogens (tertiary/aromatic N) is 1. The molecule has 0 saturated heterocycles. The fourth-order valence-electron chi connectivity index (χ4n) is 1.86. The molecule has 0 atom stereocenters. The SMILES string of the molecule is Cn1c(C(=O)NCCc2ccccc2Br)cc(Cl)c1Cl. The average Bonchev–Trinajstić information content (AvgIpc) is 2.68. The lowest BCUT2D eigenvalue weighted by Crippen LogP contribution is -2.27. The molecule has 20 heavy (non-hydrogen) atoms. The molecule has 1 heterocycles. The minimum absolute atomic E-state index is 0.187. The van der Waals surface area contributed by atoms with Crippen molar-refractivity contribution in [3.63, 3.8) is 0 Å². The summed E-state index contributed by atoms with van der Waals surface area (Å²) in [7, 11) is 1.71. The van der Waals surface area contributed by atoms with Crippen molar-refractivity contribution in [2.24, 2.45) is 7.05 Å². The van der Waals surface area contributed by atoms with Crippen molar-refractivity contribution in [3.05, 3.63) is 56.2 Å². The van der Waals surface area contributed by atoms with E-state index in [1.807, 2.05) is 24.3 Å². The molecule has 1 amide bonds. The number of hydrogen-bond donors (Lipinski definition) is 1. The van der Waals surface area contributed by atoms with E-state index in [1.54, 1.807) is 17.7 Å². The van der Waals surface area contributed by atoms with Gasteiger partial charge in [0.2, 0.25) is 0 Å². The van der Waals surface area contributed by atoms with Gasteiger partial charge in [-0.2, -0.15) is 0 Å². The molecular formula is C14H13BrCl2N2O. The van der Waals surface area contributed by atoms with Gasteiger partial charge in [-0.1, -0.05) is 57.3 Å². The lowest BCUT2D eigenvalue weighted by molar-refractivity contribution is 0.0946. The molecule has 0 bridgehead atoms. The van der Waals surface area contributed by atoms with Gasteiger partial charge in [0.25, 0.3) is 5.91 Å². The summed E-state index contributed by atoms with van der Waals surface area (Å²) in [6, 6.07) is 9.50. The van der Waals surface area contributed by atoms with Crippen molar-refractivity contribution in [1.29, 1.82) is 0 Å². The molecule has 1 aromatic carbocycles. The second-order valence-electron chi connectivity index (χ2n) is 4.32. The van der Waals surface area contributed by atoms with Crippen molar-refractivity contribution >= 4 is 45.0 Å². The van der Waals surface area contributed by atoms with E-state index in [2.05, 4.69) is 21.2 Å². The second-order valence-corrected chi connectivity index (χ2v) is 5.94. The van der Waals surface area contributed by atoms with E-state index >= 15 is 0 Å². The van der Waals surface area contributed by atoms with Gasteiger partial charge >= 0.3 is 0 Å². The summed E-state index contributed by atoms with van der Waals surface area (Å²) in [5.74, 6) is -0.187. The first-order valence-electron chi connectivity index (χ1n) is 6.03. The Labute approximate surface area is 136 Å². The van der Waals surface area contributed by atoms with Crippen LogP contribution in [-0.2, 0) is 13.5 Å². The van der Waals surface area contributed by atoms with E-state index in [1.165, 1.54) is 0 Å². The van der Waals surface area contributed by atoms with Gasteiger partial charge < -0.3 is 9.88 Å². The van der Waals surface area contributed by atoms with Gasteiger partial charge in [0.1, 0.15) is 10.8 Å². The molecular weight excluding hydrogens is 363 g/mol. The van der Waals surface area contributed by atoms with Crippen LogP contribution in [0.15, 0.2) is 34.8 Å². The first-order chi connectivity index (χ1) is 9.50. The highest BCUT2D eigenvalue weighted by atomic mass is 79.9. The zero-order chi connectivity index (χ0) is 14.7. The Morgan fingerprint density at radius 2 is 2.05 bits per heavy atom. The number of benzene rings is 1. The molecule has 106 valence electrons.